The SMILES string of the molecule is CC(=O)NCCNC(=O)c1cccc([N+](=O)[O-])c1Br. The van der Waals surface area contributed by atoms with Gasteiger partial charge in [-0.25, -0.2) is 0 Å². The molecule has 0 bridgehead atoms. The normalized spacial score (nSPS) is 9.79. The number of rotatable bonds is 5. The molecule has 2 amide bonds. The lowest BCUT2D eigenvalue weighted by Crippen LogP contribution is -2.33. The van der Waals surface area contributed by atoms with E-state index in [9.17, 15) is 19.7 Å². The molecule has 8 heteroatoms. The summed E-state index contributed by atoms with van der Waals surface area (Å²) in [5.41, 5.74) is 0.00605. The zero-order chi connectivity index (χ0) is 14.4. The minimum Gasteiger partial charge on any atom is -0.355 e. The van der Waals surface area contributed by atoms with E-state index in [0.717, 1.165) is 0 Å². The first kappa shape index (κ1) is 15.1. The van der Waals surface area contributed by atoms with E-state index in [1.54, 1.807) is 0 Å². The summed E-state index contributed by atoms with van der Waals surface area (Å²) < 4.78 is 0.136. The van der Waals surface area contributed by atoms with Crippen molar-refractivity contribution in [1.82, 2.24) is 10.6 Å². The third-order valence-corrected chi connectivity index (χ3v) is 3.04. The molecule has 0 aliphatic heterocycles. The molecule has 2 N–H and O–H groups in total. The molecule has 1 rings (SSSR count). The molecular formula is C11H12BrN3O4. The fourth-order valence-electron chi connectivity index (χ4n) is 1.35. The molecular weight excluding hydrogens is 318 g/mol. The van der Waals surface area contributed by atoms with E-state index in [0.29, 0.717) is 6.54 Å². The quantitative estimate of drug-likeness (QED) is 0.481. The van der Waals surface area contributed by atoms with Crippen LogP contribution < -0.4 is 10.6 Å². The van der Waals surface area contributed by atoms with Gasteiger partial charge in [0.05, 0.1) is 10.5 Å². The van der Waals surface area contributed by atoms with Gasteiger partial charge in [0.25, 0.3) is 11.6 Å². The molecule has 0 saturated carbocycles. The highest BCUT2D eigenvalue weighted by Crippen LogP contribution is 2.27. The Labute approximate surface area is 117 Å². The molecule has 0 atom stereocenters. The molecule has 0 aliphatic carbocycles. The van der Waals surface area contributed by atoms with Gasteiger partial charge < -0.3 is 10.6 Å². The molecule has 0 radical (unpaired) electrons. The first-order valence-corrected chi connectivity index (χ1v) is 6.18. The highest BCUT2D eigenvalue weighted by Gasteiger charge is 2.18. The largest absolute Gasteiger partial charge is 0.355 e. The molecule has 1 aromatic rings. The molecule has 0 unspecified atom stereocenters. The van der Waals surface area contributed by atoms with E-state index in [1.165, 1.54) is 25.1 Å². The maximum Gasteiger partial charge on any atom is 0.284 e. The highest BCUT2D eigenvalue weighted by atomic mass is 79.9. The molecule has 0 fully saturated rings. The maximum absolute atomic E-state index is 11.8. The number of amides is 2. The number of carbonyl (C=O) groups excluding carboxylic acids is 2. The van der Waals surface area contributed by atoms with Crippen molar-refractivity contribution >= 4 is 33.4 Å². The average Bonchev–Trinajstić information content (AvgIpc) is 2.34. The monoisotopic (exact) mass is 329 g/mol. The van der Waals surface area contributed by atoms with Gasteiger partial charge in [0.1, 0.15) is 4.47 Å². The summed E-state index contributed by atoms with van der Waals surface area (Å²) >= 11 is 3.04. The predicted octanol–water partition coefficient (Wildman–Crippen LogP) is 1.22. The summed E-state index contributed by atoms with van der Waals surface area (Å²) in [4.78, 5) is 32.6. The van der Waals surface area contributed by atoms with Gasteiger partial charge in [-0.15, -0.1) is 0 Å². The first-order valence-electron chi connectivity index (χ1n) is 5.39. The third-order valence-electron chi connectivity index (χ3n) is 2.20. The smallest absolute Gasteiger partial charge is 0.284 e. The molecule has 0 aliphatic rings. The highest BCUT2D eigenvalue weighted by molar-refractivity contribution is 9.10. The second kappa shape index (κ2) is 6.83. The molecule has 1 aromatic carbocycles. The lowest BCUT2D eigenvalue weighted by Gasteiger charge is -2.07. The maximum atomic E-state index is 11.8. The van der Waals surface area contributed by atoms with Crippen LogP contribution in [0.2, 0.25) is 0 Å². The minimum absolute atomic E-state index is 0.136. The lowest BCUT2D eigenvalue weighted by atomic mass is 10.2. The van der Waals surface area contributed by atoms with E-state index in [4.69, 9.17) is 0 Å². The van der Waals surface area contributed by atoms with Gasteiger partial charge >= 0.3 is 0 Å². The van der Waals surface area contributed by atoms with Crippen molar-refractivity contribution in [3.63, 3.8) is 0 Å². The molecule has 7 nitrogen and oxygen atoms in total. The van der Waals surface area contributed by atoms with Crippen molar-refractivity contribution in [3.05, 3.63) is 38.3 Å². The second-order valence-corrected chi connectivity index (χ2v) is 4.43. The second-order valence-electron chi connectivity index (χ2n) is 3.63. The lowest BCUT2D eigenvalue weighted by molar-refractivity contribution is -0.385. The van der Waals surface area contributed by atoms with Gasteiger partial charge in [-0.05, 0) is 22.0 Å². The van der Waals surface area contributed by atoms with Crippen LogP contribution in [-0.2, 0) is 4.79 Å². The summed E-state index contributed by atoms with van der Waals surface area (Å²) in [5, 5.41) is 15.8. The Morgan fingerprint density at radius 2 is 1.95 bits per heavy atom. The van der Waals surface area contributed by atoms with E-state index < -0.39 is 10.8 Å². The fourth-order valence-corrected chi connectivity index (χ4v) is 1.94. The van der Waals surface area contributed by atoms with Crippen molar-refractivity contribution in [3.8, 4) is 0 Å². The number of nitro groups is 1. The molecule has 0 saturated heterocycles. The van der Waals surface area contributed by atoms with Crippen LogP contribution in [0.4, 0.5) is 5.69 Å². The van der Waals surface area contributed by atoms with Crippen LogP contribution in [0, 0.1) is 10.1 Å². The van der Waals surface area contributed by atoms with Gasteiger partial charge in [-0.3, -0.25) is 19.7 Å². The molecule has 19 heavy (non-hydrogen) atoms. The van der Waals surface area contributed by atoms with Crippen LogP contribution >= 0.6 is 15.9 Å². The van der Waals surface area contributed by atoms with Crippen molar-refractivity contribution in [2.45, 2.75) is 6.92 Å². The number of hydrogen-bond donors (Lipinski definition) is 2. The Bertz CT molecular complexity index is 519. The van der Waals surface area contributed by atoms with E-state index >= 15 is 0 Å². The molecule has 0 heterocycles. The number of nitrogens with zero attached hydrogens (tertiary/aromatic N) is 1. The Balaban J connectivity index is 2.70. The number of halogens is 1. The first-order chi connectivity index (χ1) is 8.93. The van der Waals surface area contributed by atoms with Crippen molar-refractivity contribution in [1.29, 1.82) is 0 Å². The van der Waals surface area contributed by atoms with Crippen LogP contribution in [0.1, 0.15) is 17.3 Å². The van der Waals surface area contributed by atoms with Gasteiger partial charge in [-0.1, -0.05) is 6.07 Å². The summed E-state index contributed by atoms with van der Waals surface area (Å²) in [5.74, 6) is -0.633. The van der Waals surface area contributed by atoms with Crippen LogP contribution in [-0.4, -0.2) is 29.8 Å². The Kier molecular flexibility index (Phi) is 5.43. The van der Waals surface area contributed by atoms with Crippen molar-refractivity contribution in [2.24, 2.45) is 0 Å². The van der Waals surface area contributed by atoms with Gasteiger partial charge in [-0.2, -0.15) is 0 Å². The third kappa shape index (κ3) is 4.32. The zero-order valence-corrected chi connectivity index (χ0v) is 11.7. The topological polar surface area (TPSA) is 101 Å². The van der Waals surface area contributed by atoms with E-state index in [2.05, 4.69) is 26.6 Å². The Morgan fingerprint density at radius 1 is 1.32 bits per heavy atom. The van der Waals surface area contributed by atoms with Crippen molar-refractivity contribution in [2.75, 3.05) is 13.1 Å². The minimum atomic E-state index is -0.571. The fraction of sp³-hybridized carbons (Fsp3) is 0.273. The number of nitro benzene ring substituents is 1. The average molecular weight is 330 g/mol. The number of benzene rings is 1. The standard InChI is InChI=1S/C11H12BrN3O4/c1-7(16)13-5-6-14-11(17)8-3-2-4-9(10(8)12)15(18)19/h2-4H,5-6H2,1H3,(H,13,16)(H,14,17). The summed E-state index contributed by atoms with van der Waals surface area (Å²) in [6.45, 7) is 1.92. The van der Waals surface area contributed by atoms with Gasteiger partial charge in [0.2, 0.25) is 5.91 Å². The molecule has 102 valence electrons. The molecule has 0 aromatic heterocycles. The number of nitrogens with one attached hydrogen (secondary N) is 2. The summed E-state index contributed by atoms with van der Waals surface area (Å²) in [6, 6.07) is 4.22. The van der Waals surface area contributed by atoms with Gasteiger partial charge in [0.15, 0.2) is 0 Å². The van der Waals surface area contributed by atoms with E-state index in [1.807, 2.05) is 0 Å². The number of hydrogen-bond acceptors (Lipinski definition) is 4. The van der Waals surface area contributed by atoms with Crippen LogP contribution in [0.3, 0.4) is 0 Å². The van der Waals surface area contributed by atoms with Crippen molar-refractivity contribution < 1.29 is 14.5 Å². The number of carbonyl (C=O) groups is 2. The van der Waals surface area contributed by atoms with Gasteiger partial charge in [0, 0.05) is 26.1 Å². The zero-order valence-electron chi connectivity index (χ0n) is 10.1. The summed E-state index contributed by atoms with van der Waals surface area (Å²) in [6.07, 6.45) is 0. The Hall–Kier alpha value is -1.96. The molecule has 0 spiro atoms. The van der Waals surface area contributed by atoms with Crippen LogP contribution in [0.25, 0.3) is 0 Å². The van der Waals surface area contributed by atoms with Crippen LogP contribution in [0.15, 0.2) is 22.7 Å². The summed E-state index contributed by atoms with van der Waals surface area (Å²) in [7, 11) is 0. The Morgan fingerprint density at radius 3 is 2.53 bits per heavy atom. The van der Waals surface area contributed by atoms with Crippen LogP contribution in [0.5, 0.6) is 0 Å². The van der Waals surface area contributed by atoms with E-state index in [-0.39, 0.29) is 28.2 Å². The predicted molar refractivity (Wildman–Crippen MR) is 71.8 cm³/mol.